The van der Waals surface area contributed by atoms with Crippen LogP contribution in [0.3, 0.4) is 0 Å². The Bertz CT molecular complexity index is 870. The first-order valence-electron chi connectivity index (χ1n) is 10.1. The van der Waals surface area contributed by atoms with Crippen molar-refractivity contribution in [2.75, 3.05) is 25.6 Å². The minimum Gasteiger partial charge on any atom is -0.392 e. The number of rotatable bonds is 6. The van der Waals surface area contributed by atoms with E-state index in [9.17, 15) is 19.5 Å². The summed E-state index contributed by atoms with van der Waals surface area (Å²) in [5, 5.41) is 16.5. The number of ether oxygens (including phenoxy) is 1. The lowest BCUT2D eigenvalue weighted by Crippen LogP contribution is -2.54. The maximum absolute atomic E-state index is 13.4. The van der Waals surface area contributed by atoms with Gasteiger partial charge >= 0.3 is 0 Å². The summed E-state index contributed by atoms with van der Waals surface area (Å²) in [7, 11) is 1.57. The SMILES string of the molecule is CCc1cccc2c1NC(=O)C21NC(C(C)O)C2C(=O)N(CCCOC)C(=O)C21. The van der Waals surface area contributed by atoms with E-state index in [1.54, 1.807) is 14.0 Å². The number of aryl methyl sites for hydroxylation is 1. The molecule has 3 N–H and O–H groups in total. The number of imide groups is 1. The average molecular weight is 401 g/mol. The molecular weight excluding hydrogens is 374 g/mol. The Morgan fingerprint density at radius 3 is 2.69 bits per heavy atom. The van der Waals surface area contributed by atoms with Gasteiger partial charge in [0.25, 0.3) is 0 Å². The quantitative estimate of drug-likeness (QED) is 0.470. The zero-order valence-electron chi connectivity index (χ0n) is 16.9. The molecule has 4 rings (SSSR count). The number of hydrogen-bond donors (Lipinski definition) is 3. The second-order valence-electron chi connectivity index (χ2n) is 8.04. The third-order valence-electron chi connectivity index (χ3n) is 6.49. The number of carbonyl (C=O) groups excluding carboxylic acids is 3. The number of carbonyl (C=O) groups is 3. The smallest absolute Gasteiger partial charge is 0.250 e. The lowest BCUT2D eigenvalue weighted by molar-refractivity contribution is -0.143. The lowest BCUT2D eigenvalue weighted by atomic mass is 9.76. The number of para-hydroxylation sites is 1. The molecule has 5 atom stereocenters. The molecule has 0 radical (unpaired) electrons. The van der Waals surface area contributed by atoms with Crippen LogP contribution in [0.4, 0.5) is 5.69 Å². The monoisotopic (exact) mass is 401 g/mol. The number of nitrogens with zero attached hydrogens (tertiary/aromatic N) is 1. The molecule has 2 saturated heterocycles. The Morgan fingerprint density at radius 2 is 2.03 bits per heavy atom. The van der Waals surface area contributed by atoms with Gasteiger partial charge in [0, 0.05) is 37.6 Å². The Morgan fingerprint density at radius 1 is 1.28 bits per heavy atom. The van der Waals surface area contributed by atoms with Crippen LogP contribution in [0.15, 0.2) is 18.2 Å². The van der Waals surface area contributed by atoms with Gasteiger partial charge in [0.2, 0.25) is 17.7 Å². The number of hydrogen-bond acceptors (Lipinski definition) is 6. The second kappa shape index (κ2) is 7.19. The summed E-state index contributed by atoms with van der Waals surface area (Å²) >= 11 is 0. The molecule has 3 aliphatic rings. The van der Waals surface area contributed by atoms with Crippen molar-refractivity contribution < 1.29 is 24.2 Å². The highest BCUT2D eigenvalue weighted by molar-refractivity contribution is 6.15. The van der Waals surface area contributed by atoms with Gasteiger partial charge in [0.1, 0.15) is 5.54 Å². The summed E-state index contributed by atoms with van der Waals surface area (Å²) in [6.07, 6.45) is 0.350. The third-order valence-corrected chi connectivity index (χ3v) is 6.49. The zero-order chi connectivity index (χ0) is 20.9. The van der Waals surface area contributed by atoms with Crippen molar-refractivity contribution in [1.29, 1.82) is 0 Å². The molecule has 2 fully saturated rings. The number of nitrogens with one attached hydrogen (secondary N) is 2. The number of aliphatic hydroxyl groups excluding tert-OH is 1. The van der Waals surface area contributed by atoms with Crippen LogP contribution in [0.25, 0.3) is 0 Å². The number of amides is 3. The second-order valence-corrected chi connectivity index (χ2v) is 8.04. The van der Waals surface area contributed by atoms with Crippen molar-refractivity contribution in [3.05, 3.63) is 29.3 Å². The fraction of sp³-hybridized carbons (Fsp3) is 0.571. The zero-order valence-corrected chi connectivity index (χ0v) is 16.9. The molecule has 3 aliphatic heterocycles. The molecule has 156 valence electrons. The van der Waals surface area contributed by atoms with E-state index in [1.807, 2.05) is 25.1 Å². The Hall–Kier alpha value is -2.29. The van der Waals surface area contributed by atoms with Crippen LogP contribution < -0.4 is 10.6 Å². The predicted octanol–water partition coefficient (Wildman–Crippen LogP) is 0.387. The highest BCUT2D eigenvalue weighted by Crippen LogP contribution is 2.53. The van der Waals surface area contributed by atoms with Crippen molar-refractivity contribution in [1.82, 2.24) is 10.2 Å². The van der Waals surface area contributed by atoms with Crippen LogP contribution in [0.5, 0.6) is 0 Å². The molecule has 1 aromatic carbocycles. The summed E-state index contributed by atoms with van der Waals surface area (Å²) in [5.74, 6) is -2.71. The highest BCUT2D eigenvalue weighted by Gasteiger charge is 2.71. The summed E-state index contributed by atoms with van der Waals surface area (Å²) < 4.78 is 5.04. The minimum absolute atomic E-state index is 0.241. The molecule has 3 amide bonds. The number of methoxy groups -OCH3 is 1. The number of fused-ring (bicyclic) bond motifs is 4. The van der Waals surface area contributed by atoms with E-state index in [0.29, 0.717) is 24.3 Å². The Kier molecular flexibility index (Phi) is 4.96. The van der Waals surface area contributed by atoms with Gasteiger partial charge in [-0.1, -0.05) is 25.1 Å². The first kappa shape index (κ1) is 20.0. The average Bonchev–Trinajstić information content (AvgIpc) is 3.28. The number of anilines is 1. The van der Waals surface area contributed by atoms with E-state index < -0.39 is 29.5 Å². The topological polar surface area (TPSA) is 108 Å². The Balaban J connectivity index is 1.82. The normalized spacial score (nSPS) is 31.4. The molecule has 8 nitrogen and oxygen atoms in total. The fourth-order valence-corrected chi connectivity index (χ4v) is 5.18. The van der Waals surface area contributed by atoms with Crippen molar-refractivity contribution in [2.24, 2.45) is 11.8 Å². The van der Waals surface area contributed by atoms with Crippen LogP contribution in [-0.2, 0) is 31.1 Å². The molecule has 0 saturated carbocycles. The fourth-order valence-electron chi connectivity index (χ4n) is 5.18. The van der Waals surface area contributed by atoms with Crippen molar-refractivity contribution in [3.8, 4) is 0 Å². The first-order chi connectivity index (χ1) is 13.9. The molecular formula is C21H27N3O5. The van der Waals surface area contributed by atoms with Crippen LogP contribution >= 0.6 is 0 Å². The predicted molar refractivity (Wildman–Crippen MR) is 105 cm³/mol. The first-order valence-corrected chi connectivity index (χ1v) is 10.1. The molecule has 0 aromatic heterocycles. The molecule has 1 aromatic rings. The van der Waals surface area contributed by atoms with Crippen LogP contribution in [0.1, 0.15) is 31.4 Å². The van der Waals surface area contributed by atoms with Gasteiger partial charge < -0.3 is 15.2 Å². The molecule has 1 spiro atoms. The number of benzene rings is 1. The third kappa shape index (κ3) is 2.66. The van der Waals surface area contributed by atoms with Gasteiger partial charge in [-0.05, 0) is 25.3 Å². The molecule has 8 heteroatoms. The maximum Gasteiger partial charge on any atom is 0.250 e. The van der Waals surface area contributed by atoms with Crippen molar-refractivity contribution >= 4 is 23.4 Å². The van der Waals surface area contributed by atoms with E-state index in [2.05, 4.69) is 10.6 Å². The molecule has 3 heterocycles. The lowest BCUT2D eigenvalue weighted by Gasteiger charge is -2.30. The standard InChI is InChI=1S/C21H27N3O5/c1-4-12-7-5-8-13-17(12)22-20(28)21(13)15-14(16(23-21)11(2)25)18(26)24(19(15)27)9-6-10-29-3/h5,7-8,11,14-16,23,25H,4,6,9-10H2,1-3H3,(H,22,28). The molecule has 29 heavy (non-hydrogen) atoms. The van der Waals surface area contributed by atoms with Gasteiger partial charge in [-0.15, -0.1) is 0 Å². The van der Waals surface area contributed by atoms with Crippen LogP contribution in [0.2, 0.25) is 0 Å². The summed E-state index contributed by atoms with van der Waals surface area (Å²) in [4.78, 5) is 41.1. The number of likely N-dealkylation sites (tertiary alicyclic amines) is 1. The van der Waals surface area contributed by atoms with Gasteiger partial charge in [0.05, 0.1) is 17.9 Å². The Labute approximate surface area is 169 Å². The van der Waals surface area contributed by atoms with E-state index in [-0.39, 0.29) is 24.3 Å². The highest BCUT2D eigenvalue weighted by atomic mass is 16.5. The largest absolute Gasteiger partial charge is 0.392 e. The molecule has 0 bridgehead atoms. The van der Waals surface area contributed by atoms with Crippen molar-refractivity contribution in [3.63, 3.8) is 0 Å². The van der Waals surface area contributed by atoms with Crippen molar-refractivity contribution in [2.45, 2.75) is 44.4 Å². The minimum atomic E-state index is -1.35. The maximum atomic E-state index is 13.4. The molecule has 5 unspecified atom stereocenters. The molecule has 0 aliphatic carbocycles. The van der Waals surface area contributed by atoms with Gasteiger partial charge in [-0.2, -0.15) is 0 Å². The van der Waals surface area contributed by atoms with Gasteiger partial charge in [-0.25, -0.2) is 0 Å². The summed E-state index contributed by atoms with van der Waals surface area (Å²) in [5.41, 5.74) is 1.01. The van der Waals surface area contributed by atoms with E-state index in [1.165, 1.54) is 4.90 Å². The number of aliphatic hydroxyl groups is 1. The summed E-state index contributed by atoms with van der Waals surface area (Å²) in [6, 6.07) is 4.94. The van der Waals surface area contributed by atoms with E-state index >= 15 is 0 Å². The summed E-state index contributed by atoms with van der Waals surface area (Å²) in [6.45, 7) is 4.25. The van der Waals surface area contributed by atoms with Crippen LogP contribution in [0, 0.1) is 11.8 Å². The van der Waals surface area contributed by atoms with E-state index in [0.717, 1.165) is 12.0 Å². The van der Waals surface area contributed by atoms with Gasteiger partial charge in [0.15, 0.2) is 0 Å². The van der Waals surface area contributed by atoms with Gasteiger partial charge in [-0.3, -0.25) is 24.6 Å². The van der Waals surface area contributed by atoms with E-state index in [4.69, 9.17) is 4.74 Å². The van der Waals surface area contributed by atoms with Crippen LogP contribution in [-0.4, -0.2) is 60.1 Å².